The smallest absolute Gasteiger partial charge is 0.416 e. The fourth-order valence-electron chi connectivity index (χ4n) is 2.92. The van der Waals surface area contributed by atoms with Crippen molar-refractivity contribution in [3.8, 4) is 5.75 Å². The van der Waals surface area contributed by atoms with Crippen molar-refractivity contribution in [2.45, 2.75) is 31.3 Å². The van der Waals surface area contributed by atoms with Crippen LogP contribution in [0, 0.1) is 0 Å². The Balaban J connectivity index is 1.91. The van der Waals surface area contributed by atoms with Crippen LogP contribution in [0.2, 0.25) is 5.02 Å². The molecule has 0 bridgehead atoms. The second-order valence-electron chi connectivity index (χ2n) is 6.97. The average Bonchev–Trinajstić information content (AvgIpc) is 2.73. The monoisotopic (exact) mass is 486 g/mol. The summed E-state index contributed by atoms with van der Waals surface area (Å²) in [5, 5.41) is 2.58. The van der Waals surface area contributed by atoms with E-state index in [-0.39, 0.29) is 5.02 Å². The number of carbonyl (C=O) groups is 1. The Morgan fingerprint density at radius 3 is 2.50 bits per heavy atom. The van der Waals surface area contributed by atoms with Gasteiger partial charge in [-0.05, 0) is 61.5 Å². The predicted octanol–water partition coefficient (Wildman–Crippen LogP) is 6.41. The van der Waals surface area contributed by atoms with Crippen molar-refractivity contribution in [3.05, 3.63) is 58.6 Å². The van der Waals surface area contributed by atoms with E-state index in [2.05, 4.69) is 36.7 Å². The highest BCUT2D eigenvalue weighted by atomic mass is 35.5. The highest BCUT2D eigenvalue weighted by Gasteiger charge is 2.30. The molecule has 2 aromatic rings. The van der Waals surface area contributed by atoms with E-state index in [1.165, 1.54) is 18.2 Å². The number of hydrogen-bond donors (Lipinski definition) is 2. The van der Waals surface area contributed by atoms with E-state index in [9.17, 15) is 18.0 Å². The Morgan fingerprint density at radius 1 is 1.19 bits per heavy atom. The molecule has 0 unspecified atom stereocenters. The van der Waals surface area contributed by atoms with Gasteiger partial charge < -0.3 is 15.0 Å². The first-order valence-corrected chi connectivity index (χ1v) is 11.0. The summed E-state index contributed by atoms with van der Waals surface area (Å²) >= 11 is 10.3. The minimum absolute atomic E-state index is 0.0935. The molecule has 0 heterocycles. The molecular formula is C23H26ClF3N2O2S. The Hall–Kier alpha value is -2.16. The first kappa shape index (κ1) is 26.1. The molecule has 2 rings (SSSR count). The molecule has 0 saturated carbocycles. The van der Waals surface area contributed by atoms with Crippen molar-refractivity contribution in [1.29, 1.82) is 0 Å². The van der Waals surface area contributed by atoms with Gasteiger partial charge in [-0.25, -0.2) is 0 Å². The van der Waals surface area contributed by atoms with Gasteiger partial charge in [-0.1, -0.05) is 31.5 Å². The van der Waals surface area contributed by atoms with Gasteiger partial charge in [0.15, 0.2) is 0 Å². The summed E-state index contributed by atoms with van der Waals surface area (Å²) in [5.41, 5.74) is -0.0300. The lowest BCUT2D eigenvalue weighted by molar-refractivity contribution is -0.137. The van der Waals surface area contributed by atoms with E-state index in [1.54, 1.807) is 18.2 Å². The minimum Gasteiger partial charge on any atom is -0.492 e. The standard InChI is InChI=1S/C23H26ClF3N2O2S/c1-3-29(4-2)12-5-13-31-20-10-9-18(15-21(20)32)28-22(30)11-7-16-6-8-17(14-19(16)24)23(25,26)27/h6-11,14-15,32H,3-5,12-13H2,1-2H3,(H,28,30)/b11-7+. The number of thiol groups is 1. The van der Waals surface area contributed by atoms with Crippen LogP contribution < -0.4 is 10.1 Å². The van der Waals surface area contributed by atoms with Crippen molar-refractivity contribution < 1.29 is 22.7 Å². The van der Waals surface area contributed by atoms with Crippen LogP contribution in [0.3, 0.4) is 0 Å². The second kappa shape index (κ2) is 12.2. The molecule has 0 aromatic heterocycles. The number of amides is 1. The third-order valence-electron chi connectivity index (χ3n) is 4.74. The number of alkyl halides is 3. The van der Waals surface area contributed by atoms with Crippen molar-refractivity contribution >= 4 is 41.9 Å². The molecule has 0 aliphatic carbocycles. The van der Waals surface area contributed by atoms with E-state index < -0.39 is 17.6 Å². The fourth-order valence-corrected chi connectivity index (χ4v) is 3.44. The van der Waals surface area contributed by atoms with Crippen LogP contribution in [0.1, 0.15) is 31.4 Å². The summed E-state index contributed by atoms with van der Waals surface area (Å²) in [6, 6.07) is 8.04. The molecule has 9 heteroatoms. The van der Waals surface area contributed by atoms with Crippen LogP contribution in [-0.4, -0.2) is 37.0 Å². The third-order valence-corrected chi connectivity index (χ3v) is 5.42. The SMILES string of the molecule is CCN(CC)CCCOc1ccc(NC(=O)/C=C/c2ccc(C(F)(F)F)cc2Cl)cc1S. The molecule has 1 N–H and O–H groups in total. The van der Waals surface area contributed by atoms with Gasteiger partial charge in [0, 0.05) is 28.2 Å². The zero-order valence-corrected chi connectivity index (χ0v) is 19.5. The first-order valence-electron chi connectivity index (χ1n) is 10.2. The third kappa shape index (κ3) is 8.07. The summed E-state index contributed by atoms with van der Waals surface area (Å²) in [4.78, 5) is 15.1. The molecule has 4 nitrogen and oxygen atoms in total. The number of nitrogens with zero attached hydrogens (tertiary/aromatic N) is 1. The predicted molar refractivity (Wildman–Crippen MR) is 126 cm³/mol. The summed E-state index contributed by atoms with van der Waals surface area (Å²) in [5.74, 6) is 0.166. The lowest BCUT2D eigenvalue weighted by Crippen LogP contribution is -2.25. The molecule has 0 saturated heterocycles. The number of rotatable bonds is 10. The van der Waals surface area contributed by atoms with Gasteiger partial charge in [-0.15, -0.1) is 12.6 Å². The Bertz CT molecular complexity index is 947. The van der Waals surface area contributed by atoms with E-state index in [1.807, 2.05) is 0 Å². The fraction of sp³-hybridized carbons (Fsp3) is 0.348. The lowest BCUT2D eigenvalue weighted by atomic mass is 10.1. The van der Waals surface area contributed by atoms with Crippen molar-refractivity contribution in [2.75, 3.05) is 31.6 Å². The van der Waals surface area contributed by atoms with Crippen molar-refractivity contribution in [2.24, 2.45) is 0 Å². The lowest BCUT2D eigenvalue weighted by Gasteiger charge is -2.18. The molecule has 0 atom stereocenters. The Kier molecular flexibility index (Phi) is 9.93. The number of benzene rings is 2. The number of halogens is 4. The molecule has 0 spiro atoms. The summed E-state index contributed by atoms with van der Waals surface area (Å²) in [7, 11) is 0. The number of nitrogens with one attached hydrogen (secondary N) is 1. The van der Waals surface area contributed by atoms with E-state index in [0.717, 1.165) is 38.2 Å². The van der Waals surface area contributed by atoms with Crippen LogP contribution >= 0.6 is 24.2 Å². The van der Waals surface area contributed by atoms with Gasteiger partial charge in [0.05, 0.1) is 12.2 Å². The highest BCUT2D eigenvalue weighted by Crippen LogP contribution is 2.32. The first-order chi connectivity index (χ1) is 15.1. The normalized spacial score (nSPS) is 11.9. The van der Waals surface area contributed by atoms with Crippen LogP contribution in [0.4, 0.5) is 18.9 Å². The summed E-state index contributed by atoms with van der Waals surface area (Å²) in [6.45, 7) is 7.77. The maximum Gasteiger partial charge on any atom is 0.416 e. The molecule has 0 aliphatic rings. The van der Waals surface area contributed by atoms with Crippen molar-refractivity contribution in [1.82, 2.24) is 4.90 Å². The number of carbonyl (C=O) groups excluding carboxylic acids is 1. The Labute approximate surface area is 196 Å². The topological polar surface area (TPSA) is 41.6 Å². The number of anilines is 1. The van der Waals surface area contributed by atoms with Crippen LogP contribution in [-0.2, 0) is 11.0 Å². The van der Waals surface area contributed by atoms with Gasteiger partial charge >= 0.3 is 6.18 Å². The maximum absolute atomic E-state index is 12.7. The molecule has 0 fully saturated rings. The van der Waals surface area contributed by atoms with Gasteiger partial charge in [0.1, 0.15) is 5.75 Å². The largest absolute Gasteiger partial charge is 0.492 e. The van der Waals surface area contributed by atoms with E-state index in [0.29, 0.717) is 28.5 Å². The molecule has 32 heavy (non-hydrogen) atoms. The van der Waals surface area contributed by atoms with Gasteiger partial charge in [0.2, 0.25) is 5.91 Å². The van der Waals surface area contributed by atoms with Gasteiger partial charge in [-0.3, -0.25) is 4.79 Å². The maximum atomic E-state index is 12.7. The van der Waals surface area contributed by atoms with Crippen LogP contribution in [0.25, 0.3) is 6.08 Å². The average molecular weight is 487 g/mol. The van der Waals surface area contributed by atoms with Gasteiger partial charge in [-0.2, -0.15) is 13.2 Å². The molecule has 174 valence electrons. The molecule has 1 amide bonds. The van der Waals surface area contributed by atoms with Crippen LogP contribution in [0.5, 0.6) is 5.75 Å². The molecule has 0 aliphatic heterocycles. The van der Waals surface area contributed by atoms with E-state index in [4.69, 9.17) is 16.3 Å². The number of ether oxygens (including phenoxy) is 1. The van der Waals surface area contributed by atoms with Crippen LogP contribution in [0.15, 0.2) is 47.4 Å². The minimum atomic E-state index is -4.48. The highest BCUT2D eigenvalue weighted by molar-refractivity contribution is 7.80. The zero-order chi connectivity index (χ0) is 23.7. The second-order valence-corrected chi connectivity index (χ2v) is 7.86. The summed E-state index contributed by atoms with van der Waals surface area (Å²) < 4.78 is 43.9. The Morgan fingerprint density at radius 2 is 1.91 bits per heavy atom. The summed E-state index contributed by atoms with van der Waals surface area (Å²) in [6.07, 6.45) is -1.03. The van der Waals surface area contributed by atoms with Gasteiger partial charge in [0.25, 0.3) is 0 Å². The van der Waals surface area contributed by atoms with E-state index >= 15 is 0 Å². The number of hydrogen-bond acceptors (Lipinski definition) is 4. The zero-order valence-electron chi connectivity index (χ0n) is 17.9. The molecule has 2 aromatic carbocycles. The molecular weight excluding hydrogens is 461 g/mol. The van der Waals surface area contributed by atoms with Crippen molar-refractivity contribution in [3.63, 3.8) is 0 Å². The quantitative estimate of drug-likeness (QED) is 0.231. The molecule has 0 radical (unpaired) electrons.